The van der Waals surface area contributed by atoms with Crippen molar-refractivity contribution in [3.05, 3.63) is 29.8 Å². The Morgan fingerprint density at radius 3 is 2.38 bits per heavy atom. The first-order chi connectivity index (χ1) is 11.7. The number of hydrogen-bond donors (Lipinski definition) is 2. The normalized spacial score (nSPS) is 27.8. The molecule has 1 heterocycles. The number of nitrogens with one attached hydrogen (secondary N) is 1. The molecule has 1 aliphatic heterocycles. The van der Waals surface area contributed by atoms with Crippen LogP contribution in [0.1, 0.15) is 57.1 Å². The molecule has 1 aromatic rings. The maximum atomic E-state index is 10.3. The number of likely N-dealkylation sites (tertiary alicyclic amines) is 1. The molecule has 0 radical (unpaired) electrons. The molecule has 1 saturated heterocycles. The predicted octanol–water partition coefficient (Wildman–Crippen LogP) is 3.11. The number of methoxy groups -OCH3 is 1. The fraction of sp³-hybridized carbons (Fsp3) is 0.700. The predicted molar refractivity (Wildman–Crippen MR) is 97.4 cm³/mol. The van der Waals surface area contributed by atoms with E-state index >= 15 is 0 Å². The second-order valence-corrected chi connectivity index (χ2v) is 7.39. The molecule has 2 N–H and O–H groups in total. The van der Waals surface area contributed by atoms with Gasteiger partial charge in [-0.25, -0.2) is 0 Å². The molecule has 4 heteroatoms. The summed E-state index contributed by atoms with van der Waals surface area (Å²) < 4.78 is 5.23. The summed E-state index contributed by atoms with van der Waals surface area (Å²) in [7, 11) is 1.70. The van der Waals surface area contributed by atoms with E-state index in [-0.39, 0.29) is 6.10 Å². The summed E-state index contributed by atoms with van der Waals surface area (Å²) in [4.78, 5) is 2.53. The fourth-order valence-electron chi connectivity index (χ4n) is 4.26. The zero-order valence-corrected chi connectivity index (χ0v) is 15.1. The van der Waals surface area contributed by atoms with Gasteiger partial charge in [0.05, 0.1) is 13.2 Å². The quantitative estimate of drug-likeness (QED) is 0.870. The van der Waals surface area contributed by atoms with E-state index in [1.165, 1.54) is 37.7 Å². The first-order valence-electron chi connectivity index (χ1n) is 9.49. The third kappa shape index (κ3) is 4.29. The average molecular weight is 332 g/mol. The highest BCUT2D eigenvalue weighted by molar-refractivity contribution is 5.28. The molecule has 1 aromatic carbocycles. The number of nitrogens with zero attached hydrogens (tertiary/aromatic N) is 1. The van der Waals surface area contributed by atoms with Gasteiger partial charge in [-0.3, -0.25) is 4.90 Å². The Bertz CT molecular complexity index is 497. The molecule has 3 rings (SSSR count). The van der Waals surface area contributed by atoms with E-state index in [2.05, 4.69) is 29.3 Å². The third-order valence-electron chi connectivity index (χ3n) is 5.79. The second kappa shape index (κ2) is 8.32. The Morgan fingerprint density at radius 2 is 1.75 bits per heavy atom. The Balaban J connectivity index is 1.47. The third-order valence-corrected chi connectivity index (χ3v) is 5.79. The van der Waals surface area contributed by atoms with Crippen LogP contribution >= 0.6 is 0 Å². The molecule has 3 atom stereocenters. The standard InChI is InChI=1S/C20H32N2O2/c1-15(16-7-9-18(24-2)10-8-16)21-17-11-13-22(14-12-17)19-5-3-4-6-20(19)23/h7-10,15,17,19-21,23H,3-6,11-14H2,1-2H3/t15-,19+,20+/m0/s1. The van der Waals surface area contributed by atoms with Gasteiger partial charge in [0.25, 0.3) is 0 Å². The lowest BCUT2D eigenvalue weighted by Gasteiger charge is -2.42. The molecule has 2 fully saturated rings. The summed E-state index contributed by atoms with van der Waals surface area (Å²) in [5.74, 6) is 0.908. The van der Waals surface area contributed by atoms with Gasteiger partial charge in [0.2, 0.25) is 0 Å². The van der Waals surface area contributed by atoms with Crippen molar-refractivity contribution in [2.75, 3.05) is 20.2 Å². The minimum absolute atomic E-state index is 0.110. The zero-order valence-electron chi connectivity index (χ0n) is 15.1. The SMILES string of the molecule is COc1ccc([C@H](C)NC2CCN([C@@H]3CCCC[C@H]3O)CC2)cc1. The van der Waals surface area contributed by atoms with Gasteiger partial charge in [0.1, 0.15) is 5.75 Å². The molecule has 2 aliphatic rings. The van der Waals surface area contributed by atoms with E-state index in [1.54, 1.807) is 7.11 Å². The molecule has 0 spiro atoms. The van der Waals surface area contributed by atoms with Gasteiger partial charge in [-0.1, -0.05) is 25.0 Å². The molecule has 0 unspecified atom stereocenters. The van der Waals surface area contributed by atoms with Crippen LogP contribution in [-0.4, -0.2) is 48.4 Å². The Labute approximate surface area is 146 Å². The van der Waals surface area contributed by atoms with Crippen LogP contribution in [0.25, 0.3) is 0 Å². The summed E-state index contributed by atoms with van der Waals surface area (Å²) in [5.41, 5.74) is 1.31. The number of aliphatic hydroxyl groups is 1. The van der Waals surface area contributed by atoms with Gasteiger partial charge in [-0.05, 0) is 50.3 Å². The Kier molecular flexibility index (Phi) is 6.14. The van der Waals surface area contributed by atoms with Crippen LogP contribution in [0.15, 0.2) is 24.3 Å². The number of hydrogen-bond acceptors (Lipinski definition) is 4. The van der Waals surface area contributed by atoms with Crippen LogP contribution in [0.5, 0.6) is 5.75 Å². The lowest BCUT2D eigenvalue weighted by Crippen LogP contribution is -2.51. The minimum Gasteiger partial charge on any atom is -0.497 e. The van der Waals surface area contributed by atoms with Crippen molar-refractivity contribution in [2.45, 2.75) is 69.7 Å². The summed E-state index contributed by atoms with van der Waals surface area (Å²) in [6.45, 7) is 4.45. The van der Waals surface area contributed by atoms with Crippen LogP contribution in [0, 0.1) is 0 Å². The molecular formula is C20H32N2O2. The smallest absolute Gasteiger partial charge is 0.118 e. The first-order valence-corrected chi connectivity index (χ1v) is 9.49. The van der Waals surface area contributed by atoms with E-state index in [0.717, 1.165) is 25.3 Å². The maximum absolute atomic E-state index is 10.3. The fourth-order valence-corrected chi connectivity index (χ4v) is 4.26. The molecule has 24 heavy (non-hydrogen) atoms. The summed E-state index contributed by atoms with van der Waals surface area (Å²) in [6, 6.07) is 9.67. The topological polar surface area (TPSA) is 44.7 Å². The lowest BCUT2D eigenvalue weighted by molar-refractivity contribution is 0.00671. The molecule has 1 aliphatic carbocycles. The highest BCUT2D eigenvalue weighted by Crippen LogP contribution is 2.26. The van der Waals surface area contributed by atoms with E-state index < -0.39 is 0 Å². The van der Waals surface area contributed by atoms with Crippen LogP contribution in [0.2, 0.25) is 0 Å². The van der Waals surface area contributed by atoms with Gasteiger partial charge >= 0.3 is 0 Å². The molecule has 0 aromatic heterocycles. The van der Waals surface area contributed by atoms with Crippen molar-refractivity contribution < 1.29 is 9.84 Å². The van der Waals surface area contributed by atoms with E-state index in [1.807, 2.05) is 12.1 Å². The van der Waals surface area contributed by atoms with Crippen molar-refractivity contribution in [2.24, 2.45) is 0 Å². The van der Waals surface area contributed by atoms with Crippen molar-refractivity contribution >= 4 is 0 Å². The largest absolute Gasteiger partial charge is 0.497 e. The molecular weight excluding hydrogens is 300 g/mol. The highest BCUT2D eigenvalue weighted by atomic mass is 16.5. The van der Waals surface area contributed by atoms with Crippen molar-refractivity contribution in [3.8, 4) is 5.75 Å². The van der Waals surface area contributed by atoms with Crippen molar-refractivity contribution in [1.29, 1.82) is 0 Å². The van der Waals surface area contributed by atoms with Gasteiger partial charge in [-0.2, -0.15) is 0 Å². The zero-order chi connectivity index (χ0) is 16.9. The number of ether oxygens (including phenoxy) is 1. The van der Waals surface area contributed by atoms with Crippen molar-refractivity contribution in [3.63, 3.8) is 0 Å². The summed E-state index contributed by atoms with van der Waals surface area (Å²) >= 11 is 0. The van der Waals surface area contributed by atoms with Crippen molar-refractivity contribution in [1.82, 2.24) is 10.2 Å². The maximum Gasteiger partial charge on any atom is 0.118 e. The molecule has 134 valence electrons. The van der Waals surface area contributed by atoms with Gasteiger partial charge in [0, 0.05) is 31.2 Å². The first kappa shape index (κ1) is 17.7. The van der Waals surface area contributed by atoms with Crippen LogP contribution in [-0.2, 0) is 0 Å². The second-order valence-electron chi connectivity index (χ2n) is 7.39. The van der Waals surface area contributed by atoms with E-state index in [4.69, 9.17) is 4.74 Å². The number of rotatable bonds is 5. The lowest BCUT2D eigenvalue weighted by atomic mass is 9.89. The van der Waals surface area contributed by atoms with Gasteiger partial charge in [0.15, 0.2) is 0 Å². The van der Waals surface area contributed by atoms with Crippen LogP contribution in [0.3, 0.4) is 0 Å². The Hall–Kier alpha value is -1.10. The minimum atomic E-state index is -0.110. The van der Waals surface area contributed by atoms with E-state index in [0.29, 0.717) is 18.1 Å². The summed E-state index contributed by atoms with van der Waals surface area (Å²) in [5, 5.41) is 14.0. The summed E-state index contributed by atoms with van der Waals surface area (Å²) in [6.07, 6.45) is 6.84. The van der Waals surface area contributed by atoms with Gasteiger partial charge in [-0.15, -0.1) is 0 Å². The molecule has 4 nitrogen and oxygen atoms in total. The molecule has 0 bridgehead atoms. The number of benzene rings is 1. The molecule has 0 amide bonds. The van der Waals surface area contributed by atoms with Crippen LogP contribution in [0.4, 0.5) is 0 Å². The van der Waals surface area contributed by atoms with Gasteiger partial charge < -0.3 is 15.2 Å². The van der Waals surface area contributed by atoms with E-state index in [9.17, 15) is 5.11 Å². The Morgan fingerprint density at radius 1 is 1.08 bits per heavy atom. The number of piperidine rings is 1. The highest BCUT2D eigenvalue weighted by Gasteiger charge is 2.31. The number of aliphatic hydroxyl groups excluding tert-OH is 1. The monoisotopic (exact) mass is 332 g/mol. The van der Waals surface area contributed by atoms with Crippen LogP contribution < -0.4 is 10.1 Å². The molecule has 1 saturated carbocycles. The average Bonchev–Trinajstić information content (AvgIpc) is 2.63.